The lowest BCUT2D eigenvalue weighted by molar-refractivity contribution is 0.0184. The monoisotopic (exact) mass is 452 g/mol. The van der Waals surface area contributed by atoms with Gasteiger partial charge < -0.3 is 9.64 Å². The largest absolute Gasteiger partial charge is 0.444 e. The maximum absolute atomic E-state index is 12.4. The van der Waals surface area contributed by atoms with Gasteiger partial charge in [0.25, 0.3) is 0 Å². The summed E-state index contributed by atoms with van der Waals surface area (Å²) in [6.45, 7) is 9.04. The fraction of sp³-hybridized carbons (Fsp3) is 0.478. The van der Waals surface area contributed by atoms with Crippen LogP contribution in [0.4, 0.5) is 4.79 Å². The average molecular weight is 453 g/mol. The van der Waals surface area contributed by atoms with Crippen molar-refractivity contribution in [1.29, 1.82) is 5.26 Å². The van der Waals surface area contributed by atoms with E-state index in [0.29, 0.717) is 18.7 Å². The Balaban J connectivity index is 1.55. The molecule has 0 radical (unpaired) electrons. The van der Waals surface area contributed by atoms with Gasteiger partial charge in [0.2, 0.25) is 0 Å². The molecule has 0 atom stereocenters. The molecule has 1 aliphatic rings. The summed E-state index contributed by atoms with van der Waals surface area (Å²) < 4.78 is 9.36. The van der Waals surface area contributed by atoms with Crippen molar-refractivity contribution in [3.05, 3.63) is 35.9 Å². The molecule has 0 saturated carbocycles. The van der Waals surface area contributed by atoms with Gasteiger partial charge >= 0.3 is 6.09 Å². The average Bonchev–Trinajstić information content (AvgIpc) is 3.35. The zero-order chi connectivity index (χ0) is 23.0. The Morgan fingerprint density at radius 1 is 1.25 bits per heavy atom. The van der Waals surface area contributed by atoms with Crippen LogP contribution in [0, 0.1) is 18.3 Å². The predicted molar refractivity (Wildman–Crippen MR) is 124 cm³/mol. The van der Waals surface area contributed by atoms with Gasteiger partial charge in [-0.15, -0.1) is 11.8 Å². The first-order valence-corrected chi connectivity index (χ1v) is 11.9. The van der Waals surface area contributed by atoms with Crippen molar-refractivity contribution in [2.75, 3.05) is 19.3 Å². The third-order valence-electron chi connectivity index (χ3n) is 5.73. The van der Waals surface area contributed by atoms with Crippen LogP contribution in [0.2, 0.25) is 0 Å². The summed E-state index contributed by atoms with van der Waals surface area (Å²) in [6.07, 6.45) is 8.88. The van der Waals surface area contributed by atoms with Crippen LogP contribution in [-0.4, -0.2) is 55.3 Å². The van der Waals surface area contributed by atoms with E-state index in [4.69, 9.17) is 9.84 Å². The number of aromatic nitrogens is 4. The molecule has 1 saturated heterocycles. The number of hydrogen-bond acceptors (Lipinski definition) is 6. The number of piperidine rings is 1. The highest BCUT2D eigenvalue weighted by Gasteiger charge is 2.29. The van der Waals surface area contributed by atoms with Crippen LogP contribution in [0.5, 0.6) is 0 Å². The van der Waals surface area contributed by atoms with E-state index in [0.717, 1.165) is 40.1 Å². The molecule has 1 amide bonds. The molecule has 32 heavy (non-hydrogen) atoms. The first-order chi connectivity index (χ1) is 15.2. The highest BCUT2D eigenvalue weighted by atomic mass is 32.2. The number of hydrogen-bond donors (Lipinski definition) is 0. The Labute approximate surface area is 192 Å². The maximum atomic E-state index is 12.4. The molecule has 0 aromatic carbocycles. The van der Waals surface area contributed by atoms with Crippen molar-refractivity contribution in [2.45, 2.75) is 57.1 Å². The van der Waals surface area contributed by atoms with Crippen molar-refractivity contribution in [3.8, 4) is 17.2 Å². The number of ether oxygens (including phenoxy) is 1. The highest BCUT2D eigenvalue weighted by Crippen LogP contribution is 2.33. The van der Waals surface area contributed by atoms with E-state index in [1.165, 1.54) is 0 Å². The van der Waals surface area contributed by atoms with Crippen molar-refractivity contribution in [1.82, 2.24) is 24.3 Å². The summed E-state index contributed by atoms with van der Waals surface area (Å²) in [4.78, 5) is 15.1. The number of pyridine rings is 1. The molecule has 1 fully saturated rings. The lowest BCUT2D eigenvalue weighted by Crippen LogP contribution is -2.42. The molecule has 0 aliphatic carbocycles. The summed E-state index contributed by atoms with van der Waals surface area (Å²) in [6, 6.07) is 4.55. The molecule has 1 aliphatic heterocycles. The van der Waals surface area contributed by atoms with Gasteiger partial charge in [-0.05, 0) is 52.9 Å². The van der Waals surface area contributed by atoms with E-state index in [1.54, 1.807) is 27.4 Å². The molecule has 0 N–H and O–H groups in total. The van der Waals surface area contributed by atoms with Crippen LogP contribution in [-0.2, 0) is 4.74 Å². The van der Waals surface area contributed by atoms with E-state index in [2.05, 4.69) is 28.8 Å². The quantitative estimate of drug-likeness (QED) is 0.537. The second-order valence-corrected chi connectivity index (χ2v) is 9.90. The number of nitrogens with zero attached hydrogens (tertiary/aromatic N) is 6. The van der Waals surface area contributed by atoms with Gasteiger partial charge in [0.05, 0.1) is 29.5 Å². The topological polar surface area (TPSA) is 88.4 Å². The molecule has 4 heterocycles. The lowest BCUT2D eigenvalue weighted by Gasteiger charge is -2.33. The molecule has 8 nitrogen and oxygen atoms in total. The van der Waals surface area contributed by atoms with Gasteiger partial charge in [-0.2, -0.15) is 15.5 Å². The molecule has 3 aromatic rings. The van der Waals surface area contributed by atoms with Gasteiger partial charge in [0.15, 0.2) is 0 Å². The third kappa shape index (κ3) is 4.19. The minimum atomic E-state index is -0.485. The summed E-state index contributed by atoms with van der Waals surface area (Å²) in [5, 5.41) is 18.4. The molecule has 0 bridgehead atoms. The molecule has 4 rings (SSSR count). The first kappa shape index (κ1) is 22.2. The Bertz CT molecular complexity index is 1190. The zero-order valence-electron chi connectivity index (χ0n) is 19.1. The molecule has 3 aromatic heterocycles. The molecule has 9 heteroatoms. The number of fused-ring (bicyclic) bond motifs is 1. The van der Waals surface area contributed by atoms with E-state index < -0.39 is 5.60 Å². The number of carbonyl (C=O) groups is 1. The Morgan fingerprint density at radius 3 is 2.59 bits per heavy atom. The zero-order valence-corrected chi connectivity index (χ0v) is 19.9. The van der Waals surface area contributed by atoms with Crippen molar-refractivity contribution in [2.24, 2.45) is 0 Å². The number of nitriles is 1. The standard InChI is InChI=1S/C23H28N6O2S/c1-15-19(16-10-20(32-5)21-17(11-24)12-25-28(21)14-16)13-26-29(15)18-6-8-27(9-7-18)22(30)31-23(2,3)4/h10,12-14,18H,6-9H2,1-5H3. The van der Waals surface area contributed by atoms with E-state index >= 15 is 0 Å². The molecular formula is C23H28N6O2S. The van der Waals surface area contributed by atoms with Crippen LogP contribution in [0.1, 0.15) is 50.9 Å². The third-order valence-corrected chi connectivity index (χ3v) is 6.49. The van der Waals surface area contributed by atoms with Crippen molar-refractivity contribution >= 4 is 23.4 Å². The molecular weight excluding hydrogens is 424 g/mol. The Hall–Kier alpha value is -2.99. The van der Waals surface area contributed by atoms with Gasteiger partial charge in [0.1, 0.15) is 11.7 Å². The maximum Gasteiger partial charge on any atom is 0.410 e. The van der Waals surface area contributed by atoms with E-state index in [9.17, 15) is 10.1 Å². The van der Waals surface area contributed by atoms with Crippen LogP contribution in [0.25, 0.3) is 16.6 Å². The second-order valence-electron chi connectivity index (χ2n) is 9.05. The number of thioether (sulfide) groups is 1. The minimum Gasteiger partial charge on any atom is -0.444 e. The van der Waals surface area contributed by atoms with Gasteiger partial charge in [-0.25, -0.2) is 9.31 Å². The Kier molecular flexibility index (Phi) is 5.91. The van der Waals surface area contributed by atoms with Gasteiger partial charge in [-0.3, -0.25) is 4.68 Å². The van der Waals surface area contributed by atoms with Crippen LogP contribution < -0.4 is 0 Å². The first-order valence-electron chi connectivity index (χ1n) is 10.7. The molecule has 0 spiro atoms. The van der Waals surface area contributed by atoms with Gasteiger partial charge in [0, 0.05) is 41.0 Å². The van der Waals surface area contributed by atoms with E-state index in [-0.39, 0.29) is 12.1 Å². The number of amides is 1. The van der Waals surface area contributed by atoms with Crippen LogP contribution in [0.15, 0.2) is 29.6 Å². The molecule has 0 unspecified atom stereocenters. The predicted octanol–water partition coefficient (Wildman–Crippen LogP) is 4.67. The summed E-state index contributed by atoms with van der Waals surface area (Å²) >= 11 is 1.60. The van der Waals surface area contributed by atoms with Gasteiger partial charge in [-0.1, -0.05) is 0 Å². The fourth-order valence-electron chi connectivity index (χ4n) is 4.16. The Morgan fingerprint density at radius 2 is 1.97 bits per heavy atom. The number of rotatable bonds is 3. The summed E-state index contributed by atoms with van der Waals surface area (Å²) in [5.41, 5.74) is 4.07. The minimum absolute atomic E-state index is 0.237. The van der Waals surface area contributed by atoms with E-state index in [1.807, 2.05) is 39.4 Å². The SMILES string of the molecule is CSc1cc(-c2cnn(C3CCN(C(=O)OC(C)(C)C)CC3)c2C)cn2ncc(C#N)c12. The number of likely N-dealkylation sites (tertiary alicyclic amines) is 1. The number of carbonyl (C=O) groups excluding carboxylic acids is 1. The molecule has 168 valence electrons. The highest BCUT2D eigenvalue weighted by molar-refractivity contribution is 7.98. The smallest absolute Gasteiger partial charge is 0.410 e. The summed E-state index contributed by atoms with van der Waals surface area (Å²) in [7, 11) is 0. The van der Waals surface area contributed by atoms with Crippen LogP contribution in [0.3, 0.4) is 0 Å². The van der Waals surface area contributed by atoms with Crippen molar-refractivity contribution < 1.29 is 9.53 Å². The second kappa shape index (κ2) is 8.51. The normalized spacial score (nSPS) is 15.2. The summed E-state index contributed by atoms with van der Waals surface area (Å²) in [5.74, 6) is 0. The lowest BCUT2D eigenvalue weighted by atomic mass is 10.0. The van der Waals surface area contributed by atoms with Crippen molar-refractivity contribution in [3.63, 3.8) is 0 Å². The van der Waals surface area contributed by atoms with Crippen LogP contribution >= 0.6 is 11.8 Å². The fourth-order valence-corrected chi connectivity index (χ4v) is 4.81.